The molecule has 20 heavy (non-hydrogen) atoms. The van der Waals surface area contributed by atoms with E-state index in [0.717, 1.165) is 31.0 Å². The molecule has 2 unspecified atom stereocenters. The van der Waals surface area contributed by atoms with Gasteiger partial charge in [-0.1, -0.05) is 19.9 Å². The zero-order chi connectivity index (χ0) is 13.9. The molecule has 1 aliphatic heterocycles. The molecule has 2 aliphatic rings. The number of rotatable bonds is 5. The average Bonchev–Trinajstić information content (AvgIpc) is 3.19. The first-order valence-electron chi connectivity index (χ1n) is 8.09. The van der Waals surface area contributed by atoms with E-state index in [4.69, 9.17) is 4.98 Å². The van der Waals surface area contributed by atoms with Crippen LogP contribution in [0.5, 0.6) is 0 Å². The van der Waals surface area contributed by atoms with Crippen molar-refractivity contribution < 1.29 is 0 Å². The van der Waals surface area contributed by atoms with Crippen molar-refractivity contribution in [3.63, 3.8) is 0 Å². The fourth-order valence-corrected chi connectivity index (χ4v) is 3.40. The third-order valence-electron chi connectivity index (χ3n) is 4.34. The smallest absolute Gasteiger partial charge is 0.0547 e. The van der Waals surface area contributed by atoms with Gasteiger partial charge in [-0.3, -0.25) is 9.88 Å². The Hall–Kier alpha value is -0.930. The van der Waals surface area contributed by atoms with Crippen LogP contribution in [0.3, 0.4) is 0 Å². The summed E-state index contributed by atoms with van der Waals surface area (Å²) in [5.74, 6) is 1.64. The third kappa shape index (κ3) is 4.03. The lowest BCUT2D eigenvalue weighted by molar-refractivity contribution is 0.133. The molecule has 2 fully saturated rings. The first-order valence-corrected chi connectivity index (χ1v) is 8.09. The molecule has 3 rings (SSSR count). The van der Waals surface area contributed by atoms with Gasteiger partial charge >= 0.3 is 0 Å². The van der Waals surface area contributed by atoms with E-state index >= 15 is 0 Å². The Morgan fingerprint density at radius 2 is 1.85 bits per heavy atom. The monoisotopic (exact) mass is 273 g/mol. The summed E-state index contributed by atoms with van der Waals surface area (Å²) < 4.78 is 0. The van der Waals surface area contributed by atoms with Crippen LogP contribution in [0.25, 0.3) is 0 Å². The summed E-state index contributed by atoms with van der Waals surface area (Å²) >= 11 is 0. The Morgan fingerprint density at radius 3 is 2.55 bits per heavy atom. The Balaban J connectivity index is 1.57. The first kappa shape index (κ1) is 14.0. The van der Waals surface area contributed by atoms with E-state index in [0.29, 0.717) is 0 Å². The van der Waals surface area contributed by atoms with Gasteiger partial charge in [-0.05, 0) is 43.2 Å². The summed E-state index contributed by atoms with van der Waals surface area (Å²) in [4.78, 5) is 7.38. The van der Waals surface area contributed by atoms with Gasteiger partial charge in [0.1, 0.15) is 0 Å². The van der Waals surface area contributed by atoms with Crippen molar-refractivity contribution in [2.45, 2.75) is 52.2 Å². The van der Waals surface area contributed by atoms with Crippen LogP contribution in [0, 0.1) is 11.8 Å². The molecule has 1 aromatic rings. The second kappa shape index (κ2) is 6.23. The van der Waals surface area contributed by atoms with Crippen molar-refractivity contribution >= 4 is 0 Å². The number of piperidine rings is 1. The maximum Gasteiger partial charge on any atom is 0.0547 e. The molecule has 3 heteroatoms. The number of nitrogens with zero attached hydrogens (tertiary/aromatic N) is 2. The highest BCUT2D eigenvalue weighted by Crippen LogP contribution is 2.22. The molecule has 1 aromatic heterocycles. The van der Waals surface area contributed by atoms with Gasteiger partial charge in [0.15, 0.2) is 0 Å². The Kier molecular flexibility index (Phi) is 4.37. The quantitative estimate of drug-likeness (QED) is 0.894. The minimum atomic E-state index is 0.754. The fraction of sp³-hybridized carbons (Fsp3) is 0.706. The second-order valence-electron chi connectivity index (χ2n) is 6.92. The zero-order valence-electron chi connectivity index (χ0n) is 12.8. The largest absolute Gasteiger partial charge is 0.308 e. The molecular formula is C17H27N3. The minimum Gasteiger partial charge on any atom is -0.308 e. The number of aromatic nitrogens is 1. The van der Waals surface area contributed by atoms with Crippen LogP contribution in [0.4, 0.5) is 0 Å². The summed E-state index contributed by atoms with van der Waals surface area (Å²) in [6, 6.07) is 7.22. The van der Waals surface area contributed by atoms with Gasteiger partial charge in [0.05, 0.1) is 11.4 Å². The van der Waals surface area contributed by atoms with Crippen LogP contribution >= 0.6 is 0 Å². The summed E-state index contributed by atoms with van der Waals surface area (Å²) in [5, 5.41) is 3.54. The molecule has 0 spiro atoms. The number of nitrogens with one attached hydrogen (secondary N) is 1. The lowest BCUT2D eigenvalue weighted by Crippen LogP contribution is -2.38. The van der Waals surface area contributed by atoms with E-state index in [1.807, 2.05) is 0 Å². The van der Waals surface area contributed by atoms with E-state index in [9.17, 15) is 0 Å². The Labute approximate surface area is 122 Å². The topological polar surface area (TPSA) is 28.2 Å². The maximum atomic E-state index is 4.81. The molecule has 1 aliphatic carbocycles. The van der Waals surface area contributed by atoms with E-state index < -0.39 is 0 Å². The molecule has 0 amide bonds. The second-order valence-corrected chi connectivity index (χ2v) is 6.92. The van der Waals surface area contributed by atoms with Gasteiger partial charge in [-0.25, -0.2) is 0 Å². The van der Waals surface area contributed by atoms with Gasteiger partial charge in [0.25, 0.3) is 0 Å². The van der Waals surface area contributed by atoms with Crippen molar-refractivity contribution in [1.82, 2.24) is 15.2 Å². The molecule has 2 atom stereocenters. The normalized spacial score (nSPS) is 27.7. The van der Waals surface area contributed by atoms with Crippen molar-refractivity contribution in [3.05, 3.63) is 29.6 Å². The molecule has 0 aromatic carbocycles. The van der Waals surface area contributed by atoms with Gasteiger partial charge in [0, 0.05) is 32.2 Å². The molecular weight excluding hydrogens is 246 g/mol. The number of pyridine rings is 1. The number of hydrogen-bond donors (Lipinski definition) is 1. The Morgan fingerprint density at radius 1 is 1.15 bits per heavy atom. The van der Waals surface area contributed by atoms with Crippen LogP contribution in [0.1, 0.15) is 44.5 Å². The first-order chi connectivity index (χ1) is 9.69. The van der Waals surface area contributed by atoms with Crippen molar-refractivity contribution in [2.75, 3.05) is 13.1 Å². The minimum absolute atomic E-state index is 0.754. The predicted molar refractivity (Wildman–Crippen MR) is 82.3 cm³/mol. The maximum absolute atomic E-state index is 4.81. The van der Waals surface area contributed by atoms with E-state index in [1.165, 1.54) is 43.7 Å². The highest BCUT2D eigenvalue weighted by Gasteiger charge is 2.22. The Bertz CT molecular complexity index is 432. The summed E-state index contributed by atoms with van der Waals surface area (Å²) in [5.41, 5.74) is 2.41. The average molecular weight is 273 g/mol. The molecule has 1 saturated heterocycles. The van der Waals surface area contributed by atoms with Crippen molar-refractivity contribution in [2.24, 2.45) is 11.8 Å². The standard InChI is InChI=1S/C17H27N3/c1-13-8-14(2)11-20(10-13)12-17-5-3-4-16(19-17)9-18-15-6-7-15/h3-5,13-15,18H,6-12H2,1-2H3. The third-order valence-corrected chi connectivity index (χ3v) is 4.34. The molecule has 0 radical (unpaired) electrons. The summed E-state index contributed by atoms with van der Waals surface area (Å²) in [6.07, 6.45) is 4.04. The van der Waals surface area contributed by atoms with Crippen LogP contribution in [0.2, 0.25) is 0 Å². The van der Waals surface area contributed by atoms with Crippen LogP contribution < -0.4 is 5.32 Å². The van der Waals surface area contributed by atoms with Crippen LogP contribution in [-0.2, 0) is 13.1 Å². The van der Waals surface area contributed by atoms with Crippen molar-refractivity contribution in [1.29, 1.82) is 0 Å². The van der Waals surface area contributed by atoms with E-state index in [-0.39, 0.29) is 0 Å². The molecule has 3 nitrogen and oxygen atoms in total. The lowest BCUT2D eigenvalue weighted by atomic mass is 9.92. The van der Waals surface area contributed by atoms with Crippen molar-refractivity contribution in [3.8, 4) is 0 Å². The molecule has 2 heterocycles. The van der Waals surface area contributed by atoms with Gasteiger partial charge in [0.2, 0.25) is 0 Å². The summed E-state index contributed by atoms with van der Waals surface area (Å²) in [6.45, 7) is 9.10. The fourth-order valence-electron chi connectivity index (χ4n) is 3.40. The number of hydrogen-bond acceptors (Lipinski definition) is 3. The number of likely N-dealkylation sites (tertiary alicyclic amines) is 1. The van der Waals surface area contributed by atoms with Crippen LogP contribution in [0.15, 0.2) is 18.2 Å². The molecule has 110 valence electrons. The SMILES string of the molecule is CC1CC(C)CN(Cc2cccc(CNC3CC3)n2)C1. The van der Waals surface area contributed by atoms with Gasteiger partial charge < -0.3 is 5.32 Å². The molecule has 0 bridgehead atoms. The highest BCUT2D eigenvalue weighted by atomic mass is 15.1. The van der Waals surface area contributed by atoms with E-state index in [2.05, 4.69) is 42.3 Å². The van der Waals surface area contributed by atoms with E-state index in [1.54, 1.807) is 0 Å². The summed E-state index contributed by atoms with van der Waals surface area (Å²) in [7, 11) is 0. The zero-order valence-corrected chi connectivity index (χ0v) is 12.8. The molecule has 1 N–H and O–H groups in total. The highest BCUT2D eigenvalue weighted by molar-refractivity contribution is 5.11. The van der Waals surface area contributed by atoms with Gasteiger partial charge in [-0.2, -0.15) is 0 Å². The van der Waals surface area contributed by atoms with Gasteiger partial charge in [-0.15, -0.1) is 0 Å². The molecule has 1 saturated carbocycles. The predicted octanol–water partition coefficient (Wildman–Crippen LogP) is 2.81. The lowest BCUT2D eigenvalue weighted by Gasteiger charge is -2.34. The van der Waals surface area contributed by atoms with Crippen LogP contribution in [-0.4, -0.2) is 29.0 Å².